The summed E-state index contributed by atoms with van der Waals surface area (Å²) in [5.74, 6) is 0.748. The number of nitrogens with one attached hydrogen (secondary N) is 2. The quantitative estimate of drug-likeness (QED) is 0.652. The molecule has 21 heavy (non-hydrogen) atoms. The third-order valence-electron chi connectivity index (χ3n) is 2.87. The van der Waals surface area contributed by atoms with Gasteiger partial charge in [0.25, 0.3) is 0 Å². The standard InChI is InChI=1S/C14H13N5OS/c21-14(17-10-3-7-15-8-4-10)19-18-11-5-9-20-12-2-1-6-16-13(11)12/h1-4,6-8H,5,9H2,(H2,15,17,19,21)/b18-11-. The summed E-state index contributed by atoms with van der Waals surface area (Å²) >= 11 is 5.20. The number of pyridine rings is 2. The molecule has 3 rings (SSSR count). The van der Waals surface area contributed by atoms with Crippen LogP contribution in [0.25, 0.3) is 0 Å². The maximum atomic E-state index is 5.53. The second-order valence-electron chi connectivity index (χ2n) is 4.31. The third-order valence-corrected chi connectivity index (χ3v) is 3.06. The Morgan fingerprint density at radius 1 is 1.24 bits per heavy atom. The third kappa shape index (κ3) is 3.32. The Morgan fingerprint density at radius 3 is 2.95 bits per heavy atom. The van der Waals surface area contributed by atoms with Crippen molar-refractivity contribution in [2.24, 2.45) is 5.10 Å². The predicted octanol–water partition coefficient (Wildman–Crippen LogP) is 1.95. The molecule has 0 fully saturated rings. The molecule has 106 valence electrons. The van der Waals surface area contributed by atoms with Crippen LogP contribution in [0.5, 0.6) is 5.75 Å². The number of hydrogen-bond acceptors (Lipinski definition) is 5. The highest BCUT2D eigenvalue weighted by atomic mass is 32.1. The fourth-order valence-corrected chi connectivity index (χ4v) is 2.08. The van der Waals surface area contributed by atoms with Crippen LogP contribution >= 0.6 is 12.2 Å². The summed E-state index contributed by atoms with van der Waals surface area (Å²) in [5.41, 5.74) is 5.27. The van der Waals surface area contributed by atoms with E-state index in [1.54, 1.807) is 18.6 Å². The van der Waals surface area contributed by atoms with E-state index >= 15 is 0 Å². The zero-order valence-corrected chi connectivity index (χ0v) is 11.9. The topological polar surface area (TPSA) is 71.4 Å². The lowest BCUT2D eigenvalue weighted by atomic mass is 10.1. The largest absolute Gasteiger partial charge is 0.491 e. The number of thiocarbonyl (C=S) groups is 1. The highest BCUT2D eigenvalue weighted by Gasteiger charge is 2.17. The minimum Gasteiger partial charge on any atom is -0.491 e. The average Bonchev–Trinajstić information content (AvgIpc) is 2.54. The number of fused-ring (bicyclic) bond motifs is 1. The van der Waals surface area contributed by atoms with E-state index in [1.807, 2.05) is 24.3 Å². The fourth-order valence-electron chi connectivity index (χ4n) is 1.92. The van der Waals surface area contributed by atoms with Gasteiger partial charge >= 0.3 is 0 Å². The van der Waals surface area contributed by atoms with Crippen molar-refractivity contribution in [2.75, 3.05) is 11.9 Å². The van der Waals surface area contributed by atoms with Gasteiger partial charge in [-0.15, -0.1) is 0 Å². The summed E-state index contributed by atoms with van der Waals surface area (Å²) in [4.78, 5) is 8.24. The van der Waals surface area contributed by atoms with Crippen LogP contribution in [-0.4, -0.2) is 27.4 Å². The Bertz CT molecular complexity index is 674. The number of ether oxygens (including phenoxy) is 1. The number of rotatable bonds is 2. The van der Waals surface area contributed by atoms with E-state index in [2.05, 4.69) is 25.8 Å². The van der Waals surface area contributed by atoms with E-state index < -0.39 is 0 Å². The van der Waals surface area contributed by atoms with Crippen molar-refractivity contribution in [3.63, 3.8) is 0 Å². The molecule has 0 atom stereocenters. The monoisotopic (exact) mass is 299 g/mol. The molecule has 6 nitrogen and oxygen atoms in total. The first kappa shape index (κ1) is 13.4. The Morgan fingerprint density at radius 2 is 2.10 bits per heavy atom. The maximum Gasteiger partial charge on any atom is 0.191 e. The molecule has 2 aromatic heterocycles. The molecule has 0 amide bonds. The molecule has 0 bridgehead atoms. The Hall–Kier alpha value is -2.54. The molecule has 1 aliphatic rings. The van der Waals surface area contributed by atoms with Gasteiger partial charge in [0.05, 0.1) is 12.3 Å². The lowest BCUT2D eigenvalue weighted by molar-refractivity contribution is 0.318. The van der Waals surface area contributed by atoms with E-state index in [4.69, 9.17) is 17.0 Å². The number of anilines is 1. The minimum absolute atomic E-state index is 0.415. The minimum atomic E-state index is 0.415. The molecule has 3 heterocycles. The summed E-state index contributed by atoms with van der Waals surface area (Å²) in [6.45, 7) is 0.587. The first-order valence-corrected chi connectivity index (χ1v) is 6.85. The van der Waals surface area contributed by atoms with Gasteiger partial charge in [-0.3, -0.25) is 15.4 Å². The second-order valence-corrected chi connectivity index (χ2v) is 4.72. The van der Waals surface area contributed by atoms with Crippen molar-refractivity contribution in [1.29, 1.82) is 0 Å². The molecular formula is C14H13N5OS. The summed E-state index contributed by atoms with van der Waals surface area (Å²) in [6, 6.07) is 7.37. The second kappa shape index (κ2) is 6.27. The summed E-state index contributed by atoms with van der Waals surface area (Å²) in [7, 11) is 0. The Balaban J connectivity index is 1.68. The number of hydrogen-bond donors (Lipinski definition) is 2. The smallest absolute Gasteiger partial charge is 0.191 e. The van der Waals surface area contributed by atoms with Crippen molar-refractivity contribution in [2.45, 2.75) is 6.42 Å². The summed E-state index contributed by atoms with van der Waals surface area (Å²) < 4.78 is 5.53. The molecule has 0 unspecified atom stereocenters. The van der Waals surface area contributed by atoms with Crippen molar-refractivity contribution >= 4 is 28.7 Å². The molecule has 1 aliphatic heterocycles. The molecule has 2 N–H and O–H groups in total. The van der Waals surface area contributed by atoms with Crippen LogP contribution in [0.1, 0.15) is 12.1 Å². The maximum absolute atomic E-state index is 5.53. The van der Waals surface area contributed by atoms with Gasteiger partial charge in [0, 0.05) is 30.7 Å². The zero-order chi connectivity index (χ0) is 14.5. The normalized spacial score (nSPS) is 15.0. The fraction of sp³-hybridized carbons (Fsp3) is 0.143. The SMILES string of the molecule is S=C(N/N=C1/CCOc2cccnc21)Nc1ccncc1. The van der Waals surface area contributed by atoms with Gasteiger partial charge < -0.3 is 10.1 Å². The van der Waals surface area contributed by atoms with Gasteiger partial charge in [-0.25, -0.2) is 0 Å². The molecule has 0 spiro atoms. The van der Waals surface area contributed by atoms with E-state index in [0.29, 0.717) is 18.1 Å². The molecule has 0 radical (unpaired) electrons. The van der Waals surface area contributed by atoms with Crippen LogP contribution < -0.4 is 15.5 Å². The highest BCUT2D eigenvalue weighted by Crippen LogP contribution is 2.21. The van der Waals surface area contributed by atoms with Gasteiger partial charge in [-0.05, 0) is 36.5 Å². The van der Waals surface area contributed by atoms with Crippen LogP contribution in [0, 0.1) is 0 Å². The van der Waals surface area contributed by atoms with Crippen LogP contribution in [0.3, 0.4) is 0 Å². The van der Waals surface area contributed by atoms with Gasteiger partial charge in [0.1, 0.15) is 11.4 Å². The Kier molecular flexibility index (Phi) is 4.02. The molecule has 7 heteroatoms. The van der Waals surface area contributed by atoms with Crippen molar-refractivity contribution in [3.8, 4) is 5.75 Å². The van der Waals surface area contributed by atoms with Gasteiger partial charge in [0.2, 0.25) is 0 Å². The van der Waals surface area contributed by atoms with E-state index in [9.17, 15) is 0 Å². The van der Waals surface area contributed by atoms with Crippen molar-refractivity contribution in [3.05, 3.63) is 48.5 Å². The number of nitrogens with zero attached hydrogens (tertiary/aromatic N) is 3. The molecule has 0 aromatic carbocycles. The average molecular weight is 299 g/mol. The zero-order valence-electron chi connectivity index (χ0n) is 11.1. The molecule has 0 saturated carbocycles. The van der Waals surface area contributed by atoms with Gasteiger partial charge in [0.15, 0.2) is 5.11 Å². The molecular weight excluding hydrogens is 286 g/mol. The van der Waals surface area contributed by atoms with Crippen molar-refractivity contribution < 1.29 is 4.74 Å². The van der Waals surface area contributed by atoms with E-state index in [-0.39, 0.29) is 0 Å². The molecule has 2 aromatic rings. The van der Waals surface area contributed by atoms with Crippen LogP contribution in [0.2, 0.25) is 0 Å². The first-order chi connectivity index (χ1) is 10.3. The molecule has 0 saturated heterocycles. The van der Waals surface area contributed by atoms with E-state index in [1.165, 1.54) is 0 Å². The Labute approximate surface area is 127 Å². The summed E-state index contributed by atoms with van der Waals surface area (Å²) in [6.07, 6.45) is 5.79. The van der Waals surface area contributed by atoms with Crippen LogP contribution in [0.4, 0.5) is 5.69 Å². The predicted molar refractivity (Wildman–Crippen MR) is 84.5 cm³/mol. The summed E-state index contributed by atoms with van der Waals surface area (Å²) in [5, 5.41) is 7.77. The van der Waals surface area contributed by atoms with Crippen LogP contribution in [-0.2, 0) is 0 Å². The lowest BCUT2D eigenvalue weighted by Gasteiger charge is -2.17. The van der Waals surface area contributed by atoms with Gasteiger partial charge in [-0.1, -0.05) is 0 Å². The first-order valence-electron chi connectivity index (χ1n) is 6.45. The van der Waals surface area contributed by atoms with E-state index in [0.717, 1.165) is 22.8 Å². The van der Waals surface area contributed by atoms with Crippen molar-refractivity contribution in [1.82, 2.24) is 15.4 Å². The molecule has 0 aliphatic carbocycles. The highest BCUT2D eigenvalue weighted by molar-refractivity contribution is 7.80. The number of hydrazone groups is 1. The van der Waals surface area contributed by atoms with Gasteiger partial charge in [-0.2, -0.15) is 5.10 Å². The van der Waals surface area contributed by atoms with Crippen LogP contribution in [0.15, 0.2) is 48.0 Å². The number of aromatic nitrogens is 2. The lowest BCUT2D eigenvalue weighted by Crippen LogP contribution is -2.27.